The van der Waals surface area contributed by atoms with Crippen LogP contribution in [0.2, 0.25) is 0 Å². The van der Waals surface area contributed by atoms with E-state index in [9.17, 15) is 13.6 Å². The third kappa shape index (κ3) is 3.26. The predicted octanol–water partition coefficient (Wildman–Crippen LogP) is 3.10. The maximum atomic E-state index is 13.3. The maximum absolute atomic E-state index is 13.3. The third-order valence-corrected chi connectivity index (χ3v) is 4.49. The highest BCUT2D eigenvalue weighted by atomic mass is 19.3. The Morgan fingerprint density at radius 1 is 1.14 bits per heavy atom. The lowest BCUT2D eigenvalue weighted by Gasteiger charge is -2.23. The zero-order chi connectivity index (χ0) is 19.7. The van der Waals surface area contributed by atoms with Crippen molar-refractivity contribution in [2.45, 2.75) is 19.7 Å². The molecule has 1 amide bonds. The Labute approximate surface area is 159 Å². The normalized spacial score (nSPS) is 12.9. The van der Waals surface area contributed by atoms with Crippen LogP contribution in [0.4, 0.5) is 14.5 Å². The first-order chi connectivity index (χ1) is 13.6. The van der Waals surface area contributed by atoms with Gasteiger partial charge in [0.2, 0.25) is 0 Å². The topological polar surface area (TPSA) is 69.5 Å². The Bertz CT molecular complexity index is 1020. The van der Waals surface area contributed by atoms with Gasteiger partial charge in [0, 0.05) is 11.3 Å². The number of anilines is 1. The number of aromatic nitrogens is 3. The summed E-state index contributed by atoms with van der Waals surface area (Å²) in [6.45, 7) is -2.21. The molecule has 0 aliphatic carbocycles. The fourth-order valence-electron chi connectivity index (χ4n) is 3.18. The van der Waals surface area contributed by atoms with Crippen molar-refractivity contribution < 1.29 is 23.0 Å². The van der Waals surface area contributed by atoms with Crippen molar-refractivity contribution in [2.75, 3.05) is 12.0 Å². The predicted molar refractivity (Wildman–Crippen MR) is 95.7 cm³/mol. The van der Waals surface area contributed by atoms with Crippen molar-refractivity contribution in [1.82, 2.24) is 15.0 Å². The van der Waals surface area contributed by atoms with Gasteiger partial charge in [0.05, 0.1) is 32.1 Å². The van der Waals surface area contributed by atoms with Crippen LogP contribution < -0.4 is 14.4 Å². The summed E-state index contributed by atoms with van der Waals surface area (Å²) in [5, 5.41) is 7.99. The summed E-state index contributed by atoms with van der Waals surface area (Å²) in [6.07, 6.45) is 1.62. The highest BCUT2D eigenvalue weighted by Gasteiger charge is 2.26. The van der Waals surface area contributed by atoms with Gasteiger partial charge in [0.15, 0.2) is 11.5 Å². The zero-order valence-corrected chi connectivity index (χ0v) is 14.9. The molecule has 0 bridgehead atoms. The van der Waals surface area contributed by atoms with Crippen LogP contribution >= 0.6 is 0 Å². The van der Waals surface area contributed by atoms with Crippen molar-refractivity contribution in [3.63, 3.8) is 0 Å². The number of methoxy groups -OCH3 is 1. The second kappa shape index (κ2) is 7.26. The fourth-order valence-corrected chi connectivity index (χ4v) is 3.18. The molecule has 2 aromatic carbocycles. The summed E-state index contributed by atoms with van der Waals surface area (Å²) >= 11 is 0. The molecule has 2 heterocycles. The molecule has 3 aromatic rings. The maximum Gasteiger partial charge on any atom is 0.387 e. The molecule has 0 radical (unpaired) electrons. The third-order valence-electron chi connectivity index (χ3n) is 4.49. The van der Waals surface area contributed by atoms with E-state index in [2.05, 4.69) is 15.0 Å². The number of amides is 1. The molecule has 7 nitrogen and oxygen atoms in total. The number of hydrogen-bond acceptors (Lipinski definition) is 5. The number of nitrogens with zero attached hydrogens (tertiary/aromatic N) is 4. The number of ether oxygens (including phenoxy) is 2. The SMILES string of the molecule is COc1cc(C(=O)N2Cc3cnnn3Cc3ccccc32)ccc1OC(F)F. The largest absolute Gasteiger partial charge is 0.493 e. The number of alkyl halides is 2. The molecule has 0 saturated heterocycles. The molecular formula is C19H16F2N4O3. The highest BCUT2D eigenvalue weighted by Crippen LogP contribution is 2.32. The number of rotatable bonds is 4. The van der Waals surface area contributed by atoms with Gasteiger partial charge < -0.3 is 14.4 Å². The van der Waals surface area contributed by atoms with Crippen LogP contribution in [0.15, 0.2) is 48.7 Å². The molecule has 144 valence electrons. The average Bonchev–Trinajstić information content (AvgIpc) is 3.06. The summed E-state index contributed by atoms with van der Waals surface area (Å²) in [5.41, 5.74) is 2.75. The van der Waals surface area contributed by atoms with E-state index in [-0.39, 0.29) is 29.5 Å². The molecule has 0 unspecified atom stereocenters. The summed E-state index contributed by atoms with van der Waals surface area (Å²) in [4.78, 5) is 14.9. The van der Waals surface area contributed by atoms with Gasteiger partial charge in [-0.1, -0.05) is 23.4 Å². The Kier molecular flexibility index (Phi) is 4.64. The van der Waals surface area contributed by atoms with Crippen molar-refractivity contribution in [2.24, 2.45) is 0 Å². The van der Waals surface area contributed by atoms with E-state index >= 15 is 0 Å². The van der Waals surface area contributed by atoms with E-state index < -0.39 is 6.61 Å². The quantitative estimate of drug-likeness (QED) is 0.689. The van der Waals surface area contributed by atoms with Crippen LogP contribution in [-0.2, 0) is 13.1 Å². The average molecular weight is 386 g/mol. The summed E-state index contributed by atoms with van der Waals surface area (Å²) in [7, 11) is 1.33. The Balaban J connectivity index is 1.73. The summed E-state index contributed by atoms with van der Waals surface area (Å²) in [5.74, 6) is -0.377. The number of benzene rings is 2. The number of carbonyl (C=O) groups is 1. The first-order valence-corrected chi connectivity index (χ1v) is 8.47. The van der Waals surface area contributed by atoms with E-state index in [1.54, 1.807) is 15.8 Å². The zero-order valence-electron chi connectivity index (χ0n) is 14.9. The number of para-hydroxylation sites is 1. The van der Waals surface area contributed by atoms with Gasteiger partial charge in [-0.3, -0.25) is 4.79 Å². The van der Waals surface area contributed by atoms with Crippen LogP contribution in [0.1, 0.15) is 21.6 Å². The van der Waals surface area contributed by atoms with E-state index in [1.807, 2.05) is 24.3 Å². The van der Waals surface area contributed by atoms with Gasteiger partial charge >= 0.3 is 6.61 Å². The van der Waals surface area contributed by atoms with E-state index in [0.717, 1.165) is 16.9 Å². The molecule has 1 aliphatic rings. The minimum absolute atomic E-state index is 0.0564. The fraction of sp³-hybridized carbons (Fsp3) is 0.211. The molecule has 1 aromatic heterocycles. The molecule has 1 aliphatic heterocycles. The lowest BCUT2D eigenvalue weighted by atomic mass is 10.1. The van der Waals surface area contributed by atoms with Gasteiger partial charge in [-0.05, 0) is 29.8 Å². The van der Waals surface area contributed by atoms with Crippen molar-refractivity contribution in [3.05, 3.63) is 65.5 Å². The molecule has 9 heteroatoms. The van der Waals surface area contributed by atoms with Crippen LogP contribution in [0.25, 0.3) is 0 Å². The van der Waals surface area contributed by atoms with Gasteiger partial charge in [0.1, 0.15) is 0 Å². The second-order valence-electron chi connectivity index (χ2n) is 6.15. The van der Waals surface area contributed by atoms with Gasteiger partial charge in [-0.2, -0.15) is 8.78 Å². The van der Waals surface area contributed by atoms with Crippen LogP contribution in [0.5, 0.6) is 11.5 Å². The first-order valence-electron chi connectivity index (χ1n) is 8.47. The number of fused-ring (bicyclic) bond motifs is 2. The molecule has 4 rings (SSSR count). The Morgan fingerprint density at radius 3 is 2.75 bits per heavy atom. The van der Waals surface area contributed by atoms with E-state index in [4.69, 9.17) is 4.74 Å². The smallest absolute Gasteiger partial charge is 0.387 e. The number of hydrogen-bond donors (Lipinski definition) is 0. The summed E-state index contributed by atoms with van der Waals surface area (Å²) < 4.78 is 36.4. The standard InChI is InChI=1S/C19H16F2N4O3/c1-27-17-8-12(6-7-16(17)28-19(20)21)18(26)24-11-14-9-22-23-25(14)10-13-4-2-3-5-15(13)24/h2-9,19H,10-11H2,1H3. The van der Waals surface area contributed by atoms with Crippen LogP contribution in [-0.4, -0.2) is 34.6 Å². The number of carbonyl (C=O) groups excluding carboxylic acids is 1. The molecule has 0 saturated carbocycles. The minimum atomic E-state index is -2.99. The van der Waals surface area contributed by atoms with E-state index in [0.29, 0.717) is 6.54 Å². The van der Waals surface area contributed by atoms with Crippen molar-refractivity contribution in [3.8, 4) is 11.5 Å². The lowest BCUT2D eigenvalue weighted by Crippen LogP contribution is -2.30. The minimum Gasteiger partial charge on any atom is -0.493 e. The van der Waals surface area contributed by atoms with E-state index in [1.165, 1.54) is 25.3 Å². The van der Waals surface area contributed by atoms with Crippen molar-refractivity contribution in [1.29, 1.82) is 0 Å². The molecule has 0 fully saturated rings. The van der Waals surface area contributed by atoms with Gasteiger partial charge in [0.25, 0.3) is 5.91 Å². The van der Waals surface area contributed by atoms with Crippen LogP contribution in [0.3, 0.4) is 0 Å². The van der Waals surface area contributed by atoms with Crippen LogP contribution in [0, 0.1) is 0 Å². The van der Waals surface area contributed by atoms with Crippen molar-refractivity contribution >= 4 is 11.6 Å². The molecule has 0 atom stereocenters. The summed E-state index contributed by atoms with van der Waals surface area (Å²) in [6, 6.07) is 11.7. The van der Waals surface area contributed by atoms with Gasteiger partial charge in [-0.25, -0.2) is 4.68 Å². The molecule has 0 spiro atoms. The molecule has 28 heavy (non-hydrogen) atoms. The van der Waals surface area contributed by atoms with Gasteiger partial charge in [-0.15, -0.1) is 5.10 Å². The Morgan fingerprint density at radius 2 is 1.96 bits per heavy atom. The molecule has 0 N–H and O–H groups in total. The lowest BCUT2D eigenvalue weighted by molar-refractivity contribution is -0.0512. The monoisotopic (exact) mass is 386 g/mol. The Hall–Kier alpha value is -3.49. The highest BCUT2D eigenvalue weighted by molar-refractivity contribution is 6.06. The molecular weight excluding hydrogens is 370 g/mol. The first kappa shape index (κ1) is 17.9. The number of halogens is 2. The second-order valence-corrected chi connectivity index (χ2v) is 6.15.